The molecule has 0 aliphatic rings. The van der Waals surface area contributed by atoms with E-state index in [0.29, 0.717) is 0 Å². The second-order valence-electron chi connectivity index (χ2n) is 2.62. The second-order valence-corrected chi connectivity index (χ2v) is 2.62. The molecule has 0 saturated heterocycles. The fraction of sp³-hybridized carbons (Fsp3) is 1.00. The molecule has 0 atom stereocenters. The summed E-state index contributed by atoms with van der Waals surface area (Å²) in [5.74, 6) is 0. The van der Waals surface area contributed by atoms with E-state index < -0.39 is 5.72 Å². The number of aliphatic hydroxyl groups is 3. The highest BCUT2D eigenvalue weighted by atomic mass is 16.3. The number of hydrogen-bond acceptors (Lipinski definition) is 4. The quantitative estimate of drug-likeness (QED) is 0.447. The molecule has 62 valence electrons. The maximum atomic E-state index is 9.26. The van der Waals surface area contributed by atoms with Gasteiger partial charge in [-0.25, -0.2) is 0 Å². The molecule has 0 aliphatic carbocycles. The van der Waals surface area contributed by atoms with Gasteiger partial charge in [0.15, 0.2) is 0 Å². The van der Waals surface area contributed by atoms with Crippen molar-refractivity contribution in [3.05, 3.63) is 0 Å². The molecule has 0 rings (SSSR count). The topological polar surface area (TPSA) is 63.9 Å². The molecular weight excluding hydrogens is 134 g/mol. The molecule has 0 aromatic heterocycles. The van der Waals surface area contributed by atoms with E-state index in [-0.39, 0.29) is 19.9 Å². The van der Waals surface area contributed by atoms with E-state index in [1.165, 1.54) is 4.90 Å². The Bertz CT molecular complexity index is 89.5. The minimum absolute atomic E-state index is 0.0649. The third-order valence-corrected chi connectivity index (χ3v) is 1.31. The van der Waals surface area contributed by atoms with Crippen LogP contribution in [0.5, 0.6) is 0 Å². The van der Waals surface area contributed by atoms with E-state index in [4.69, 9.17) is 10.2 Å². The molecule has 0 aromatic rings. The Hall–Kier alpha value is -0.160. The molecule has 0 heterocycles. The van der Waals surface area contributed by atoms with Crippen molar-refractivity contribution in [2.45, 2.75) is 19.6 Å². The third kappa shape index (κ3) is 3.12. The minimum Gasteiger partial charge on any atom is -0.395 e. The number of rotatable bonds is 4. The van der Waals surface area contributed by atoms with Gasteiger partial charge in [0.25, 0.3) is 0 Å². The third-order valence-electron chi connectivity index (χ3n) is 1.31. The molecule has 0 radical (unpaired) electrons. The average Bonchev–Trinajstić information content (AvgIpc) is 1.80. The minimum atomic E-state index is -1.06. The molecule has 4 nitrogen and oxygen atoms in total. The predicted molar refractivity (Wildman–Crippen MR) is 37.2 cm³/mol. The molecule has 0 amide bonds. The zero-order valence-corrected chi connectivity index (χ0v) is 6.41. The maximum Gasteiger partial charge on any atom is 0.114 e. The summed E-state index contributed by atoms with van der Waals surface area (Å²) in [5.41, 5.74) is -1.06. The van der Waals surface area contributed by atoms with Gasteiger partial charge in [0, 0.05) is 6.54 Å². The fourth-order valence-electron chi connectivity index (χ4n) is 0.638. The van der Waals surface area contributed by atoms with Crippen molar-refractivity contribution in [1.82, 2.24) is 4.90 Å². The van der Waals surface area contributed by atoms with Gasteiger partial charge in [-0.05, 0) is 13.8 Å². The van der Waals surface area contributed by atoms with Crippen LogP contribution in [0.4, 0.5) is 0 Å². The molecule has 0 saturated carbocycles. The van der Waals surface area contributed by atoms with Crippen molar-refractivity contribution in [2.75, 3.05) is 19.9 Å². The van der Waals surface area contributed by atoms with E-state index in [2.05, 4.69) is 0 Å². The molecule has 4 heteroatoms. The smallest absolute Gasteiger partial charge is 0.114 e. The monoisotopic (exact) mass is 149 g/mol. The first kappa shape index (κ1) is 9.84. The second kappa shape index (κ2) is 3.88. The van der Waals surface area contributed by atoms with Gasteiger partial charge in [-0.1, -0.05) is 0 Å². The van der Waals surface area contributed by atoms with Crippen LogP contribution in [0.25, 0.3) is 0 Å². The van der Waals surface area contributed by atoms with Crippen molar-refractivity contribution in [2.24, 2.45) is 0 Å². The first-order valence-corrected chi connectivity index (χ1v) is 3.21. The molecule has 3 N–H and O–H groups in total. The highest BCUT2D eigenvalue weighted by molar-refractivity contribution is 4.65. The number of hydrogen-bond donors (Lipinski definition) is 3. The summed E-state index contributed by atoms with van der Waals surface area (Å²) in [6.45, 7) is 3.08. The van der Waals surface area contributed by atoms with Crippen molar-refractivity contribution < 1.29 is 15.3 Å². The molecule has 10 heavy (non-hydrogen) atoms. The van der Waals surface area contributed by atoms with Gasteiger partial charge in [0.2, 0.25) is 0 Å². The zero-order valence-electron chi connectivity index (χ0n) is 6.41. The summed E-state index contributed by atoms with van der Waals surface area (Å²) in [6, 6.07) is 0. The Kier molecular flexibility index (Phi) is 3.81. The largest absolute Gasteiger partial charge is 0.395 e. The van der Waals surface area contributed by atoms with Crippen molar-refractivity contribution in [3.63, 3.8) is 0 Å². The van der Waals surface area contributed by atoms with Crippen molar-refractivity contribution in [1.29, 1.82) is 0 Å². The standard InChI is InChI=1S/C6H15NO3/c1-6(2,10)7(5-9)3-4-8/h8-10H,3-5H2,1-2H3. The van der Waals surface area contributed by atoms with E-state index in [9.17, 15) is 5.11 Å². The highest BCUT2D eigenvalue weighted by Crippen LogP contribution is 2.07. The van der Waals surface area contributed by atoms with E-state index in [1.54, 1.807) is 13.8 Å². The summed E-state index contributed by atoms with van der Waals surface area (Å²) < 4.78 is 0. The van der Waals surface area contributed by atoms with E-state index in [0.717, 1.165) is 0 Å². The van der Waals surface area contributed by atoms with Gasteiger partial charge in [-0.2, -0.15) is 0 Å². The Morgan fingerprint density at radius 2 is 1.80 bits per heavy atom. The van der Waals surface area contributed by atoms with Crippen molar-refractivity contribution >= 4 is 0 Å². The molecule has 0 aliphatic heterocycles. The first-order chi connectivity index (χ1) is 4.52. The lowest BCUT2D eigenvalue weighted by atomic mass is 10.3. The molecule has 0 unspecified atom stereocenters. The van der Waals surface area contributed by atoms with Crippen LogP contribution in [0.2, 0.25) is 0 Å². The molecular formula is C6H15NO3. The van der Waals surface area contributed by atoms with Gasteiger partial charge >= 0.3 is 0 Å². The first-order valence-electron chi connectivity index (χ1n) is 3.21. The van der Waals surface area contributed by atoms with Crippen LogP contribution in [0.1, 0.15) is 13.8 Å². The fourth-order valence-corrected chi connectivity index (χ4v) is 0.638. The lowest BCUT2D eigenvalue weighted by Crippen LogP contribution is -2.45. The summed E-state index contributed by atoms with van der Waals surface area (Å²) in [7, 11) is 0. The lowest BCUT2D eigenvalue weighted by Gasteiger charge is -2.31. The zero-order chi connectivity index (χ0) is 8.20. The van der Waals surface area contributed by atoms with Gasteiger partial charge in [-0.3, -0.25) is 4.90 Å². The average molecular weight is 149 g/mol. The van der Waals surface area contributed by atoms with Crippen LogP contribution in [0.15, 0.2) is 0 Å². The Balaban J connectivity index is 3.81. The number of aliphatic hydroxyl groups excluding tert-OH is 2. The van der Waals surface area contributed by atoms with Crippen LogP contribution < -0.4 is 0 Å². The lowest BCUT2D eigenvalue weighted by molar-refractivity contribution is -0.117. The van der Waals surface area contributed by atoms with Crippen molar-refractivity contribution in [3.8, 4) is 0 Å². The molecule has 0 bridgehead atoms. The molecule has 0 fully saturated rings. The Labute approximate surface area is 60.7 Å². The summed E-state index contributed by atoms with van der Waals surface area (Å²) in [6.07, 6.45) is 0. The highest BCUT2D eigenvalue weighted by Gasteiger charge is 2.21. The Morgan fingerprint density at radius 1 is 1.30 bits per heavy atom. The van der Waals surface area contributed by atoms with Crippen LogP contribution in [0, 0.1) is 0 Å². The van der Waals surface area contributed by atoms with Crippen LogP contribution >= 0.6 is 0 Å². The summed E-state index contributed by atoms with van der Waals surface area (Å²) in [4.78, 5) is 1.35. The van der Waals surface area contributed by atoms with Gasteiger partial charge < -0.3 is 15.3 Å². The van der Waals surface area contributed by atoms with Crippen LogP contribution in [-0.4, -0.2) is 45.8 Å². The van der Waals surface area contributed by atoms with E-state index >= 15 is 0 Å². The Morgan fingerprint density at radius 3 is 1.90 bits per heavy atom. The van der Waals surface area contributed by atoms with Gasteiger partial charge in [0.1, 0.15) is 5.72 Å². The SMILES string of the molecule is CC(C)(O)N(CO)CCO. The maximum absolute atomic E-state index is 9.26. The summed E-state index contributed by atoms with van der Waals surface area (Å²) in [5, 5.41) is 26.4. The molecule has 0 spiro atoms. The van der Waals surface area contributed by atoms with Crippen LogP contribution in [0.3, 0.4) is 0 Å². The van der Waals surface area contributed by atoms with Gasteiger partial charge in [-0.15, -0.1) is 0 Å². The molecule has 0 aromatic carbocycles. The van der Waals surface area contributed by atoms with E-state index in [1.807, 2.05) is 0 Å². The van der Waals surface area contributed by atoms with Crippen LogP contribution in [-0.2, 0) is 0 Å². The normalized spacial score (nSPS) is 12.6. The van der Waals surface area contributed by atoms with Gasteiger partial charge in [0.05, 0.1) is 13.3 Å². The number of nitrogens with zero attached hydrogens (tertiary/aromatic N) is 1. The summed E-state index contributed by atoms with van der Waals surface area (Å²) >= 11 is 0. The predicted octanol–water partition coefficient (Wildman–Crippen LogP) is -1.04.